The van der Waals surface area contributed by atoms with Crippen molar-refractivity contribution < 1.29 is 8.42 Å². The third-order valence-corrected chi connectivity index (χ3v) is 5.85. The maximum absolute atomic E-state index is 12.5. The Morgan fingerprint density at radius 3 is 2.55 bits per heavy atom. The smallest absolute Gasteiger partial charge is 0.244 e. The molecule has 0 unspecified atom stereocenters. The number of rotatable bonds is 4. The van der Waals surface area contributed by atoms with Crippen LogP contribution in [-0.4, -0.2) is 55.3 Å². The van der Waals surface area contributed by atoms with Crippen molar-refractivity contribution in [3.8, 4) is 0 Å². The van der Waals surface area contributed by atoms with E-state index in [0.717, 1.165) is 32.5 Å². The van der Waals surface area contributed by atoms with Crippen LogP contribution in [0.25, 0.3) is 0 Å². The fraction of sp³-hybridized carbons (Fsp3) is 0.615. The van der Waals surface area contributed by atoms with Crippen LogP contribution in [0.1, 0.15) is 19.8 Å². The lowest BCUT2D eigenvalue weighted by Crippen LogP contribution is -2.45. The Morgan fingerprint density at radius 1 is 1.40 bits per heavy atom. The SMILES string of the molecule is CCN1CCC(N(C)S(=O)(=O)c2ccc(N)nc2)CC1. The van der Waals surface area contributed by atoms with Crippen LogP contribution < -0.4 is 5.73 Å². The zero-order chi connectivity index (χ0) is 14.8. The fourth-order valence-corrected chi connectivity index (χ4v) is 3.87. The van der Waals surface area contributed by atoms with E-state index < -0.39 is 10.0 Å². The van der Waals surface area contributed by atoms with E-state index in [-0.39, 0.29) is 10.9 Å². The summed E-state index contributed by atoms with van der Waals surface area (Å²) in [5.74, 6) is 0.322. The summed E-state index contributed by atoms with van der Waals surface area (Å²) in [7, 11) is -1.83. The maximum atomic E-state index is 12.5. The molecule has 1 aromatic rings. The highest BCUT2D eigenvalue weighted by Crippen LogP contribution is 2.22. The first-order chi connectivity index (χ1) is 9.45. The largest absolute Gasteiger partial charge is 0.384 e. The summed E-state index contributed by atoms with van der Waals surface area (Å²) in [5, 5.41) is 0. The Kier molecular flexibility index (Phi) is 4.62. The first kappa shape index (κ1) is 15.2. The lowest BCUT2D eigenvalue weighted by Gasteiger charge is -2.35. The van der Waals surface area contributed by atoms with E-state index in [2.05, 4.69) is 16.8 Å². The number of hydrogen-bond donors (Lipinski definition) is 1. The standard InChI is InChI=1S/C13H22N4O2S/c1-3-17-8-6-11(7-9-17)16(2)20(18,19)12-4-5-13(14)15-10-12/h4-5,10-11H,3,6-9H2,1-2H3,(H2,14,15). The molecule has 0 atom stereocenters. The van der Waals surface area contributed by atoms with Gasteiger partial charge in [0.1, 0.15) is 10.7 Å². The third-order valence-electron chi connectivity index (χ3n) is 3.95. The highest BCUT2D eigenvalue weighted by Gasteiger charge is 2.30. The fourth-order valence-electron chi connectivity index (χ4n) is 2.51. The number of nitrogens with two attached hydrogens (primary N) is 1. The van der Waals surface area contributed by atoms with Crippen molar-refractivity contribution in [1.82, 2.24) is 14.2 Å². The second-order valence-corrected chi connectivity index (χ2v) is 7.10. The molecule has 1 saturated heterocycles. The molecule has 1 aromatic heterocycles. The molecule has 0 radical (unpaired) electrons. The van der Waals surface area contributed by atoms with Gasteiger partial charge in [-0.25, -0.2) is 13.4 Å². The van der Waals surface area contributed by atoms with Gasteiger partial charge in [-0.1, -0.05) is 6.92 Å². The average Bonchev–Trinajstić information content (AvgIpc) is 2.47. The van der Waals surface area contributed by atoms with Gasteiger partial charge in [0.15, 0.2) is 0 Å². The van der Waals surface area contributed by atoms with Gasteiger partial charge in [0, 0.05) is 19.3 Å². The highest BCUT2D eigenvalue weighted by molar-refractivity contribution is 7.89. The lowest BCUT2D eigenvalue weighted by molar-refractivity contribution is 0.176. The van der Waals surface area contributed by atoms with Crippen molar-refractivity contribution in [2.45, 2.75) is 30.7 Å². The molecule has 7 heteroatoms. The number of aromatic nitrogens is 1. The average molecular weight is 298 g/mol. The lowest BCUT2D eigenvalue weighted by atomic mass is 10.1. The van der Waals surface area contributed by atoms with Gasteiger partial charge in [0.2, 0.25) is 10.0 Å². The van der Waals surface area contributed by atoms with E-state index in [0.29, 0.717) is 5.82 Å². The van der Waals surface area contributed by atoms with Crippen molar-refractivity contribution in [2.24, 2.45) is 0 Å². The summed E-state index contributed by atoms with van der Waals surface area (Å²) >= 11 is 0. The summed E-state index contributed by atoms with van der Waals surface area (Å²) < 4.78 is 26.5. The number of hydrogen-bond acceptors (Lipinski definition) is 5. The molecule has 2 rings (SSSR count). The van der Waals surface area contributed by atoms with Gasteiger partial charge in [-0.3, -0.25) is 0 Å². The number of anilines is 1. The Morgan fingerprint density at radius 2 is 2.05 bits per heavy atom. The second-order valence-electron chi connectivity index (χ2n) is 5.11. The zero-order valence-electron chi connectivity index (χ0n) is 12.0. The van der Waals surface area contributed by atoms with Crippen molar-refractivity contribution in [3.05, 3.63) is 18.3 Å². The van der Waals surface area contributed by atoms with Crippen molar-refractivity contribution in [1.29, 1.82) is 0 Å². The molecule has 1 fully saturated rings. The molecule has 1 aliphatic rings. The van der Waals surface area contributed by atoms with Crippen LogP contribution in [-0.2, 0) is 10.0 Å². The molecule has 0 aromatic carbocycles. The first-order valence-electron chi connectivity index (χ1n) is 6.87. The normalized spacial score (nSPS) is 18.6. The first-order valence-corrected chi connectivity index (χ1v) is 8.31. The molecule has 20 heavy (non-hydrogen) atoms. The molecule has 0 amide bonds. The van der Waals surface area contributed by atoms with Gasteiger partial charge >= 0.3 is 0 Å². The number of likely N-dealkylation sites (tertiary alicyclic amines) is 1. The van der Waals surface area contributed by atoms with Crippen molar-refractivity contribution in [2.75, 3.05) is 32.4 Å². The van der Waals surface area contributed by atoms with Gasteiger partial charge in [-0.05, 0) is 44.6 Å². The van der Waals surface area contributed by atoms with Crippen LogP contribution >= 0.6 is 0 Å². The Balaban J connectivity index is 2.11. The van der Waals surface area contributed by atoms with E-state index in [1.807, 2.05) is 0 Å². The minimum atomic E-state index is -3.48. The van der Waals surface area contributed by atoms with E-state index in [9.17, 15) is 8.42 Å². The van der Waals surface area contributed by atoms with Gasteiger partial charge in [0.25, 0.3) is 0 Å². The molecule has 2 heterocycles. The van der Waals surface area contributed by atoms with E-state index >= 15 is 0 Å². The maximum Gasteiger partial charge on any atom is 0.244 e. The summed E-state index contributed by atoms with van der Waals surface area (Å²) in [6, 6.07) is 3.08. The van der Waals surface area contributed by atoms with Crippen molar-refractivity contribution >= 4 is 15.8 Å². The van der Waals surface area contributed by atoms with Gasteiger partial charge in [-0.15, -0.1) is 0 Å². The molecule has 0 aliphatic carbocycles. The van der Waals surface area contributed by atoms with Crippen LogP contribution in [0, 0.1) is 0 Å². The number of sulfonamides is 1. The van der Waals surface area contributed by atoms with Crippen LogP contribution in [0.2, 0.25) is 0 Å². The van der Waals surface area contributed by atoms with Crippen LogP contribution in [0.15, 0.2) is 23.2 Å². The highest BCUT2D eigenvalue weighted by atomic mass is 32.2. The topological polar surface area (TPSA) is 79.5 Å². The molecule has 0 bridgehead atoms. The summed E-state index contributed by atoms with van der Waals surface area (Å²) in [6.45, 7) is 5.04. The molecular formula is C13H22N4O2S. The molecular weight excluding hydrogens is 276 g/mol. The Labute approximate surface area is 120 Å². The summed E-state index contributed by atoms with van der Waals surface area (Å²) in [5.41, 5.74) is 5.49. The van der Waals surface area contributed by atoms with Gasteiger partial charge < -0.3 is 10.6 Å². The molecule has 1 aliphatic heterocycles. The zero-order valence-corrected chi connectivity index (χ0v) is 12.8. The Bertz CT molecular complexity index is 536. The molecule has 0 saturated carbocycles. The molecule has 2 N–H and O–H groups in total. The summed E-state index contributed by atoms with van der Waals surface area (Å²) in [6.07, 6.45) is 3.06. The second kappa shape index (κ2) is 6.07. The molecule has 0 spiro atoms. The monoisotopic (exact) mass is 298 g/mol. The quantitative estimate of drug-likeness (QED) is 0.888. The van der Waals surface area contributed by atoms with Crippen LogP contribution in [0.3, 0.4) is 0 Å². The summed E-state index contributed by atoms with van der Waals surface area (Å²) in [4.78, 5) is 6.40. The van der Waals surface area contributed by atoms with E-state index in [4.69, 9.17) is 5.73 Å². The third kappa shape index (κ3) is 3.11. The molecule has 112 valence electrons. The van der Waals surface area contributed by atoms with E-state index in [1.54, 1.807) is 7.05 Å². The number of nitrogens with zero attached hydrogens (tertiary/aromatic N) is 3. The number of piperidine rings is 1. The van der Waals surface area contributed by atoms with E-state index in [1.165, 1.54) is 22.6 Å². The predicted octanol–water partition coefficient (Wildman–Crippen LogP) is 0.769. The number of pyridine rings is 1. The van der Waals surface area contributed by atoms with Crippen molar-refractivity contribution in [3.63, 3.8) is 0 Å². The van der Waals surface area contributed by atoms with Crippen LogP contribution in [0.4, 0.5) is 5.82 Å². The minimum Gasteiger partial charge on any atom is -0.384 e. The predicted molar refractivity (Wildman–Crippen MR) is 78.7 cm³/mol. The number of nitrogen functional groups attached to an aromatic ring is 1. The Hall–Kier alpha value is -1.18. The van der Waals surface area contributed by atoms with Gasteiger partial charge in [0.05, 0.1) is 0 Å². The van der Waals surface area contributed by atoms with Gasteiger partial charge in [-0.2, -0.15) is 4.31 Å². The minimum absolute atomic E-state index is 0.0559. The van der Waals surface area contributed by atoms with Crippen LogP contribution in [0.5, 0.6) is 0 Å². The molecule has 6 nitrogen and oxygen atoms in total.